The van der Waals surface area contributed by atoms with Crippen LogP contribution in [0, 0.1) is 13.8 Å². The smallest absolute Gasteiger partial charge is 0.254 e. The van der Waals surface area contributed by atoms with Gasteiger partial charge in [-0.15, -0.1) is 0 Å². The first-order valence-electron chi connectivity index (χ1n) is 8.37. The Kier molecular flexibility index (Phi) is 5.09. The molecule has 1 heterocycles. The maximum atomic E-state index is 12.7. The summed E-state index contributed by atoms with van der Waals surface area (Å²) < 4.78 is 0. The summed E-state index contributed by atoms with van der Waals surface area (Å²) in [6.07, 6.45) is 0. The molecule has 130 valence electrons. The first kappa shape index (κ1) is 17.5. The lowest BCUT2D eigenvalue weighted by molar-refractivity contribution is 0.0535. The van der Waals surface area contributed by atoms with Crippen molar-refractivity contribution in [3.05, 3.63) is 69.7 Å². The van der Waals surface area contributed by atoms with Crippen molar-refractivity contribution in [2.45, 2.75) is 13.8 Å². The second kappa shape index (κ2) is 7.28. The lowest BCUT2D eigenvalue weighted by atomic mass is 10.0. The van der Waals surface area contributed by atoms with Crippen LogP contribution in [0.5, 0.6) is 0 Å². The number of benzene rings is 2. The number of hydrogen-bond donors (Lipinski definition) is 0. The third-order valence-corrected chi connectivity index (χ3v) is 4.81. The van der Waals surface area contributed by atoms with Gasteiger partial charge in [-0.05, 0) is 49.7 Å². The van der Waals surface area contributed by atoms with Gasteiger partial charge in [0.1, 0.15) is 0 Å². The largest absolute Gasteiger partial charge is 0.335 e. The molecule has 0 bridgehead atoms. The van der Waals surface area contributed by atoms with E-state index in [1.54, 1.807) is 29.2 Å². The quantitative estimate of drug-likeness (QED) is 0.825. The van der Waals surface area contributed by atoms with Gasteiger partial charge in [-0.3, -0.25) is 9.59 Å². The molecule has 0 saturated carbocycles. The summed E-state index contributed by atoms with van der Waals surface area (Å²) in [5, 5.41) is 0.612. The molecule has 0 N–H and O–H groups in total. The molecule has 1 aliphatic heterocycles. The second-order valence-electron chi connectivity index (χ2n) is 6.41. The van der Waals surface area contributed by atoms with Gasteiger partial charge in [0.2, 0.25) is 0 Å². The number of halogens is 1. The molecule has 2 aromatic carbocycles. The molecule has 5 heteroatoms. The summed E-state index contributed by atoms with van der Waals surface area (Å²) in [6, 6.07) is 12.8. The minimum absolute atomic E-state index is 0.0183. The maximum Gasteiger partial charge on any atom is 0.254 e. The Morgan fingerprint density at radius 3 is 1.96 bits per heavy atom. The first-order chi connectivity index (χ1) is 12.0. The zero-order chi connectivity index (χ0) is 18.0. The summed E-state index contributed by atoms with van der Waals surface area (Å²) in [6.45, 7) is 6.15. The molecule has 1 fully saturated rings. The van der Waals surface area contributed by atoms with E-state index in [0.717, 1.165) is 16.7 Å². The van der Waals surface area contributed by atoms with E-state index < -0.39 is 0 Å². The van der Waals surface area contributed by atoms with Crippen LogP contribution in [0.1, 0.15) is 31.8 Å². The van der Waals surface area contributed by atoms with Crippen LogP contribution in [-0.2, 0) is 0 Å². The Morgan fingerprint density at radius 2 is 1.40 bits per heavy atom. The van der Waals surface area contributed by atoms with Gasteiger partial charge in [0, 0.05) is 42.3 Å². The Hall–Kier alpha value is -2.33. The zero-order valence-electron chi connectivity index (χ0n) is 14.5. The van der Waals surface area contributed by atoms with Crippen molar-refractivity contribution in [3.63, 3.8) is 0 Å². The van der Waals surface area contributed by atoms with E-state index in [4.69, 9.17) is 11.6 Å². The molecule has 1 saturated heterocycles. The van der Waals surface area contributed by atoms with Gasteiger partial charge >= 0.3 is 0 Å². The number of aryl methyl sites for hydroxylation is 2. The summed E-state index contributed by atoms with van der Waals surface area (Å²) in [5.41, 5.74) is 3.50. The van der Waals surface area contributed by atoms with Crippen molar-refractivity contribution in [1.29, 1.82) is 0 Å². The van der Waals surface area contributed by atoms with Crippen LogP contribution in [0.25, 0.3) is 0 Å². The first-order valence-corrected chi connectivity index (χ1v) is 8.75. The highest BCUT2D eigenvalue weighted by Gasteiger charge is 2.26. The molecule has 1 aliphatic rings. The molecule has 0 unspecified atom stereocenters. The Morgan fingerprint density at radius 1 is 0.840 bits per heavy atom. The molecule has 3 rings (SSSR count). The minimum Gasteiger partial charge on any atom is -0.335 e. The topological polar surface area (TPSA) is 40.6 Å². The van der Waals surface area contributed by atoms with Crippen molar-refractivity contribution in [2.24, 2.45) is 0 Å². The molecule has 0 aliphatic carbocycles. The highest BCUT2D eigenvalue weighted by atomic mass is 35.5. The average Bonchev–Trinajstić information content (AvgIpc) is 2.61. The van der Waals surface area contributed by atoms with Gasteiger partial charge in [-0.1, -0.05) is 29.3 Å². The van der Waals surface area contributed by atoms with Crippen molar-refractivity contribution in [2.75, 3.05) is 26.2 Å². The van der Waals surface area contributed by atoms with Gasteiger partial charge in [0.15, 0.2) is 0 Å². The molecule has 0 aromatic heterocycles. The second-order valence-corrected chi connectivity index (χ2v) is 6.85. The lowest BCUT2D eigenvalue weighted by Gasteiger charge is -2.35. The fourth-order valence-electron chi connectivity index (χ4n) is 3.11. The zero-order valence-corrected chi connectivity index (χ0v) is 15.2. The van der Waals surface area contributed by atoms with Crippen LogP contribution in [-0.4, -0.2) is 47.8 Å². The predicted octanol–water partition coefficient (Wildman–Crippen LogP) is 3.56. The molecular weight excluding hydrogens is 336 g/mol. The fourth-order valence-corrected chi connectivity index (χ4v) is 3.24. The number of amides is 2. The van der Waals surface area contributed by atoms with Crippen LogP contribution >= 0.6 is 11.6 Å². The van der Waals surface area contributed by atoms with Crippen LogP contribution in [0.15, 0.2) is 42.5 Å². The molecule has 0 radical (unpaired) electrons. The van der Waals surface area contributed by atoms with E-state index in [1.165, 1.54) is 0 Å². The third kappa shape index (κ3) is 3.85. The number of carbonyl (C=O) groups is 2. The molecule has 25 heavy (non-hydrogen) atoms. The van der Waals surface area contributed by atoms with Gasteiger partial charge in [0.05, 0.1) is 0 Å². The van der Waals surface area contributed by atoms with E-state index >= 15 is 0 Å². The van der Waals surface area contributed by atoms with Crippen molar-refractivity contribution >= 4 is 23.4 Å². The van der Waals surface area contributed by atoms with Gasteiger partial charge in [0.25, 0.3) is 11.8 Å². The summed E-state index contributed by atoms with van der Waals surface area (Å²) >= 11 is 5.87. The molecule has 2 amide bonds. The van der Waals surface area contributed by atoms with E-state index in [9.17, 15) is 9.59 Å². The van der Waals surface area contributed by atoms with Crippen LogP contribution in [0.3, 0.4) is 0 Å². The molecule has 2 aromatic rings. The van der Waals surface area contributed by atoms with Crippen molar-refractivity contribution in [3.8, 4) is 0 Å². The predicted molar refractivity (Wildman–Crippen MR) is 99.2 cm³/mol. The average molecular weight is 357 g/mol. The van der Waals surface area contributed by atoms with Crippen molar-refractivity contribution < 1.29 is 9.59 Å². The van der Waals surface area contributed by atoms with E-state index in [-0.39, 0.29) is 11.8 Å². The molecular formula is C20H21ClN2O2. The highest BCUT2D eigenvalue weighted by molar-refractivity contribution is 6.30. The van der Waals surface area contributed by atoms with Gasteiger partial charge in [-0.2, -0.15) is 0 Å². The minimum atomic E-state index is -0.0183. The third-order valence-electron chi connectivity index (χ3n) is 4.56. The van der Waals surface area contributed by atoms with Gasteiger partial charge in [-0.25, -0.2) is 0 Å². The number of carbonyl (C=O) groups excluding carboxylic acids is 2. The molecule has 0 spiro atoms. The summed E-state index contributed by atoms with van der Waals surface area (Å²) in [5.74, 6) is 0.0198. The summed E-state index contributed by atoms with van der Waals surface area (Å²) in [7, 11) is 0. The lowest BCUT2D eigenvalue weighted by Crippen LogP contribution is -2.50. The van der Waals surface area contributed by atoms with Crippen molar-refractivity contribution in [1.82, 2.24) is 9.80 Å². The van der Waals surface area contributed by atoms with E-state index in [2.05, 4.69) is 0 Å². The Balaban J connectivity index is 1.64. The van der Waals surface area contributed by atoms with E-state index in [1.807, 2.05) is 36.9 Å². The fraction of sp³-hybridized carbons (Fsp3) is 0.300. The van der Waals surface area contributed by atoms with Crippen LogP contribution in [0.4, 0.5) is 0 Å². The van der Waals surface area contributed by atoms with Crippen LogP contribution in [0.2, 0.25) is 5.02 Å². The highest BCUT2D eigenvalue weighted by Crippen LogP contribution is 2.16. The molecule has 0 atom stereocenters. The molecule has 4 nitrogen and oxygen atoms in total. The monoisotopic (exact) mass is 356 g/mol. The van der Waals surface area contributed by atoms with Gasteiger partial charge < -0.3 is 9.80 Å². The van der Waals surface area contributed by atoms with E-state index in [0.29, 0.717) is 36.8 Å². The number of rotatable bonds is 2. The maximum absolute atomic E-state index is 12.7. The Bertz CT molecular complexity index is 794. The normalized spacial score (nSPS) is 14.5. The Labute approximate surface area is 153 Å². The number of piperazine rings is 1. The standard InChI is InChI=1S/C20H21ClN2O2/c1-14-3-8-18(15(2)13-14)20(25)23-11-9-22(10-12-23)19(24)16-4-6-17(21)7-5-16/h3-8,13H,9-12H2,1-2H3. The summed E-state index contributed by atoms with van der Waals surface area (Å²) in [4.78, 5) is 28.9. The SMILES string of the molecule is Cc1ccc(C(=O)N2CCN(C(=O)c3ccc(Cl)cc3)CC2)c(C)c1. The van der Waals surface area contributed by atoms with Crippen LogP contribution < -0.4 is 0 Å². The number of hydrogen-bond acceptors (Lipinski definition) is 2. The number of nitrogens with zero attached hydrogens (tertiary/aromatic N) is 2.